The molecule has 1 aliphatic rings. The highest BCUT2D eigenvalue weighted by atomic mass is 19.1. The molecule has 1 fully saturated rings. The van der Waals surface area contributed by atoms with Gasteiger partial charge in [0.25, 0.3) is 5.69 Å². The topological polar surface area (TPSA) is 46.4 Å². The molecule has 0 radical (unpaired) electrons. The van der Waals surface area contributed by atoms with Crippen LogP contribution in [0.5, 0.6) is 0 Å². The smallest absolute Gasteiger partial charge is 0.295 e. The number of benzene rings is 1. The summed E-state index contributed by atoms with van der Waals surface area (Å²) in [5.41, 5.74) is 0.362. The first-order valence-corrected chi connectivity index (χ1v) is 4.77. The Balaban J connectivity index is 2.34. The SMILES string of the molecule is CC1CN(c2ccc(F)cc2[N+](=O)[O-])C1. The summed E-state index contributed by atoms with van der Waals surface area (Å²) in [6.07, 6.45) is 0. The van der Waals surface area contributed by atoms with E-state index in [1.165, 1.54) is 12.1 Å². The summed E-state index contributed by atoms with van der Waals surface area (Å²) in [5, 5.41) is 10.7. The summed E-state index contributed by atoms with van der Waals surface area (Å²) in [6, 6.07) is 3.70. The minimum atomic E-state index is -0.570. The van der Waals surface area contributed by atoms with E-state index in [0.29, 0.717) is 11.6 Å². The van der Waals surface area contributed by atoms with Gasteiger partial charge < -0.3 is 4.90 Å². The molecule has 1 saturated heterocycles. The fourth-order valence-corrected chi connectivity index (χ4v) is 1.81. The third-order valence-corrected chi connectivity index (χ3v) is 2.54. The molecule has 0 aliphatic carbocycles. The summed E-state index contributed by atoms with van der Waals surface area (Å²) in [4.78, 5) is 12.1. The van der Waals surface area contributed by atoms with Gasteiger partial charge in [-0.3, -0.25) is 10.1 Å². The first-order chi connectivity index (χ1) is 7.08. The Bertz CT molecular complexity index is 402. The van der Waals surface area contributed by atoms with Crippen LogP contribution in [0.15, 0.2) is 18.2 Å². The molecule has 5 heteroatoms. The van der Waals surface area contributed by atoms with Crippen LogP contribution in [-0.4, -0.2) is 18.0 Å². The minimum absolute atomic E-state index is 0.151. The van der Waals surface area contributed by atoms with Crippen LogP contribution in [0, 0.1) is 21.8 Å². The zero-order chi connectivity index (χ0) is 11.0. The van der Waals surface area contributed by atoms with Gasteiger partial charge in [-0.25, -0.2) is 4.39 Å². The van der Waals surface area contributed by atoms with Gasteiger partial charge in [-0.2, -0.15) is 0 Å². The average molecular weight is 210 g/mol. The van der Waals surface area contributed by atoms with Crippen molar-refractivity contribution in [2.45, 2.75) is 6.92 Å². The molecule has 1 aliphatic heterocycles. The van der Waals surface area contributed by atoms with Gasteiger partial charge in [0.2, 0.25) is 0 Å². The molecule has 0 bridgehead atoms. The van der Waals surface area contributed by atoms with Gasteiger partial charge in [-0.15, -0.1) is 0 Å². The van der Waals surface area contributed by atoms with E-state index in [9.17, 15) is 14.5 Å². The molecule has 0 saturated carbocycles. The Hall–Kier alpha value is -1.65. The molecule has 1 aromatic carbocycles. The fraction of sp³-hybridized carbons (Fsp3) is 0.400. The van der Waals surface area contributed by atoms with E-state index in [0.717, 1.165) is 19.2 Å². The molecule has 15 heavy (non-hydrogen) atoms. The van der Waals surface area contributed by atoms with Crippen molar-refractivity contribution in [3.8, 4) is 0 Å². The number of hydrogen-bond acceptors (Lipinski definition) is 3. The van der Waals surface area contributed by atoms with Gasteiger partial charge in [0.15, 0.2) is 0 Å². The number of nitrogens with zero attached hydrogens (tertiary/aromatic N) is 2. The molecular weight excluding hydrogens is 199 g/mol. The van der Waals surface area contributed by atoms with Crippen molar-refractivity contribution in [1.29, 1.82) is 0 Å². The molecule has 0 aromatic heterocycles. The van der Waals surface area contributed by atoms with Crippen molar-refractivity contribution in [3.63, 3.8) is 0 Å². The lowest BCUT2D eigenvalue weighted by Crippen LogP contribution is -2.45. The Morgan fingerprint density at radius 2 is 2.20 bits per heavy atom. The van der Waals surface area contributed by atoms with Crippen LogP contribution < -0.4 is 4.90 Å². The number of nitro groups is 1. The van der Waals surface area contributed by atoms with Gasteiger partial charge in [-0.1, -0.05) is 6.92 Å². The van der Waals surface area contributed by atoms with Crippen LogP contribution in [0.4, 0.5) is 15.8 Å². The third-order valence-electron chi connectivity index (χ3n) is 2.54. The molecule has 0 amide bonds. The summed E-state index contributed by atoms with van der Waals surface area (Å²) >= 11 is 0. The lowest BCUT2D eigenvalue weighted by Gasteiger charge is -2.38. The average Bonchev–Trinajstić information content (AvgIpc) is 2.13. The van der Waals surface area contributed by atoms with E-state index in [4.69, 9.17) is 0 Å². The van der Waals surface area contributed by atoms with Crippen LogP contribution in [-0.2, 0) is 0 Å². The minimum Gasteiger partial charge on any atom is -0.365 e. The van der Waals surface area contributed by atoms with Crippen LogP contribution >= 0.6 is 0 Å². The second kappa shape index (κ2) is 3.49. The highest BCUT2D eigenvalue weighted by Gasteiger charge is 2.28. The number of hydrogen-bond donors (Lipinski definition) is 0. The van der Waals surface area contributed by atoms with E-state index in [2.05, 4.69) is 6.92 Å². The van der Waals surface area contributed by atoms with Crippen LogP contribution in [0.3, 0.4) is 0 Å². The highest BCUT2D eigenvalue weighted by Crippen LogP contribution is 2.33. The van der Waals surface area contributed by atoms with Gasteiger partial charge in [0.1, 0.15) is 11.5 Å². The van der Waals surface area contributed by atoms with E-state index in [1.54, 1.807) is 0 Å². The zero-order valence-electron chi connectivity index (χ0n) is 8.31. The zero-order valence-corrected chi connectivity index (χ0v) is 8.31. The van der Waals surface area contributed by atoms with Crippen molar-refractivity contribution in [3.05, 3.63) is 34.1 Å². The van der Waals surface area contributed by atoms with Crippen LogP contribution in [0.25, 0.3) is 0 Å². The molecule has 0 N–H and O–H groups in total. The van der Waals surface area contributed by atoms with Crippen molar-refractivity contribution < 1.29 is 9.31 Å². The maximum absolute atomic E-state index is 12.8. The molecule has 2 rings (SSSR count). The first-order valence-electron chi connectivity index (χ1n) is 4.77. The maximum atomic E-state index is 12.8. The van der Waals surface area contributed by atoms with Crippen LogP contribution in [0.2, 0.25) is 0 Å². The molecule has 4 nitrogen and oxygen atoms in total. The quantitative estimate of drug-likeness (QED) is 0.555. The summed E-state index contributed by atoms with van der Waals surface area (Å²) in [6.45, 7) is 3.67. The molecule has 0 atom stereocenters. The lowest BCUT2D eigenvalue weighted by molar-refractivity contribution is -0.384. The van der Waals surface area contributed by atoms with Crippen molar-refractivity contribution in [2.75, 3.05) is 18.0 Å². The molecule has 0 unspecified atom stereocenters. The summed E-state index contributed by atoms with van der Waals surface area (Å²) in [5.74, 6) is -0.0197. The molecular formula is C10H11FN2O2. The fourth-order valence-electron chi connectivity index (χ4n) is 1.81. The Morgan fingerprint density at radius 1 is 1.53 bits per heavy atom. The monoisotopic (exact) mass is 210 g/mol. The lowest BCUT2D eigenvalue weighted by atomic mass is 10.0. The third kappa shape index (κ3) is 1.77. The predicted molar refractivity (Wildman–Crippen MR) is 54.4 cm³/mol. The number of rotatable bonds is 2. The van der Waals surface area contributed by atoms with E-state index >= 15 is 0 Å². The second-order valence-electron chi connectivity index (χ2n) is 3.90. The molecule has 1 aromatic rings. The normalized spacial score (nSPS) is 16.3. The second-order valence-corrected chi connectivity index (χ2v) is 3.90. The molecule has 0 spiro atoms. The number of halogens is 1. The molecule has 80 valence electrons. The first kappa shape index (κ1) is 9.89. The van der Waals surface area contributed by atoms with Gasteiger partial charge in [0, 0.05) is 13.1 Å². The maximum Gasteiger partial charge on any atom is 0.295 e. The standard InChI is InChI=1S/C10H11FN2O2/c1-7-5-12(6-7)9-3-2-8(11)4-10(9)13(14)15/h2-4,7H,5-6H2,1H3. The predicted octanol–water partition coefficient (Wildman–Crippen LogP) is 2.19. The van der Waals surface area contributed by atoms with E-state index in [1.807, 2.05) is 4.90 Å². The van der Waals surface area contributed by atoms with Crippen molar-refractivity contribution in [2.24, 2.45) is 5.92 Å². The van der Waals surface area contributed by atoms with E-state index in [-0.39, 0.29) is 5.69 Å². The van der Waals surface area contributed by atoms with Gasteiger partial charge >= 0.3 is 0 Å². The van der Waals surface area contributed by atoms with Gasteiger partial charge in [-0.05, 0) is 18.1 Å². The molecule has 1 heterocycles. The van der Waals surface area contributed by atoms with Gasteiger partial charge in [0.05, 0.1) is 11.0 Å². The van der Waals surface area contributed by atoms with Crippen molar-refractivity contribution in [1.82, 2.24) is 0 Å². The summed E-state index contributed by atoms with van der Waals surface area (Å²) < 4.78 is 12.8. The highest BCUT2D eigenvalue weighted by molar-refractivity contribution is 5.64. The van der Waals surface area contributed by atoms with E-state index < -0.39 is 10.7 Å². The van der Waals surface area contributed by atoms with Crippen molar-refractivity contribution >= 4 is 11.4 Å². The largest absolute Gasteiger partial charge is 0.365 e. The summed E-state index contributed by atoms with van der Waals surface area (Å²) in [7, 11) is 0. The number of nitro benzene ring substituents is 1. The Morgan fingerprint density at radius 3 is 2.73 bits per heavy atom. The Kier molecular flexibility index (Phi) is 2.30. The number of anilines is 1. The Labute approximate surface area is 86.5 Å². The van der Waals surface area contributed by atoms with Crippen LogP contribution in [0.1, 0.15) is 6.92 Å².